The molecule has 1 saturated heterocycles. The van der Waals surface area contributed by atoms with Gasteiger partial charge in [0, 0.05) is 31.6 Å². The summed E-state index contributed by atoms with van der Waals surface area (Å²) < 4.78 is 5.63. The largest absolute Gasteiger partial charge is 0.381 e. The lowest BCUT2D eigenvalue weighted by molar-refractivity contribution is -0.121. The van der Waals surface area contributed by atoms with E-state index in [1.165, 1.54) is 16.7 Å². The Morgan fingerprint density at radius 2 is 1.83 bits per heavy atom. The predicted molar refractivity (Wildman–Crippen MR) is 120 cm³/mol. The standard InChI is InChI=1S/C25H31N3O2/c1-17-12-18(2)14-21(13-17)25(8-10-30-11-9-25)16-26-24(29)7-5-20-4-6-22-23(15-20)28-19(3)27-22/h4,6,12-15H,5,7-11,16H2,1-3H3,(H,26,29)(H,27,28). The number of aryl methyl sites for hydroxylation is 4. The van der Waals surface area contributed by atoms with Crippen LogP contribution in [-0.4, -0.2) is 35.6 Å². The van der Waals surface area contributed by atoms with Crippen LogP contribution in [0.15, 0.2) is 36.4 Å². The van der Waals surface area contributed by atoms with Gasteiger partial charge in [-0.1, -0.05) is 35.4 Å². The van der Waals surface area contributed by atoms with E-state index in [1.54, 1.807) is 0 Å². The van der Waals surface area contributed by atoms with Gasteiger partial charge in [0.15, 0.2) is 0 Å². The molecule has 1 fully saturated rings. The van der Waals surface area contributed by atoms with E-state index in [9.17, 15) is 4.79 Å². The molecule has 158 valence electrons. The highest BCUT2D eigenvalue weighted by Gasteiger charge is 2.35. The number of aromatic nitrogens is 2. The van der Waals surface area contributed by atoms with Crippen LogP contribution in [0.3, 0.4) is 0 Å². The van der Waals surface area contributed by atoms with Crippen LogP contribution in [0.25, 0.3) is 11.0 Å². The van der Waals surface area contributed by atoms with Gasteiger partial charge >= 0.3 is 0 Å². The van der Waals surface area contributed by atoms with E-state index in [1.807, 2.05) is 13.0 Å². The molecular formula is C25H31N3O2. The SMILES string of the molecule is Cc1cc(C)cc(C2(CNC(=O)CCc3ccc4nc(C)[nH]c4c3)CCOCC2)c1. The van der Waals surface area contributed by atoms with Gasteiger partial charge in [0.1, 0.15) is 5.82 Å². The fourth-order valence-electron chi connectivity index (χ4n) is 4.56. The van der Waals surface area contributed by atoms with Gasteiger partial charge in [-0.05, 0) is 63.3 Å². The number of fused-ring (bicyclic) bond motifs is 1. The Morgan fingerprint density at radius 1 is 1.10 bits per heavy atom. The summed E-state index contributed by atoms with van der Waals surface area (Å²) in [6.45, 7) is 8.38. The Hall–Kier alpha value is -2.66. The molecule has 1 amide bonds. The number of carbonyl (C=O) groups excluding carboxylic acids is 1. The lowest BCUT2D eigenvalue weighted by Gasteiger charge is -2.38. The van der Waals surface area contributed by atoms with E-state index < -0.39 is 0 Å². The second-order valence-corrected chi connectivity index (χ2v) is 8.72. The molecule has 2 aromatic carbocycles. The van der Waals surface area contributed by atoms with Gasteiger partial charge < -0.3 is 15.0 Å². The zero-order chi connectivity index (χ0) is 21.1. The minimum atomic E-state index is -0.0446. The number of benzene rings is 2. The first kappa shape index (κ1) is 20.6. The first-order chi connectivity index (χ1) is 14.4. The van der Waals surface area contributed by atoms with Gasteiger partial charge in [0.2, 0.25) is 5.91 Å². The number of H-pyrrole nitrogens is 1. The topological polar surface area (TPSA) is 67.0 Å². The van der Waals surface area contributed by atoms with Crippen molar-refractivity contribution in [3.8, 4) is 0 Å². The van der Waals surface area contributed by atoms with E-state index in [0.29, 0.717) is 13.0 Å². The highest BCUT2D eigenvalue weighted by Crippen LogP contribution is 2.35. The molecule has 3 aromatic rings. The Bertz CT molecular complexity index is 1030. The Kier molecular flexibility index (Phi) is 5.91. The minimum absolute atomic E-state index is 0.0446. The normalized spacial score (nSPS) is 16.0. The van der Waals surface area contributed by atoms with Crippen molar-refractivity contribution in [1.29, 1.82) is 0 Å². The first-order valence-corrected chi connectivity index (χ1v) is 10.8. The molecule has 0 spiro atoms. The molecule has 0 aliphatic carbocycles. The molecule has 0 unspecified atom stereocenters. The summed E-state index contributed by atoms with van der Waals surface area (Å²) in [7, 11) is 0. The molecule has 1 aliphatic heterocycles. The van der Waals surface area contributed by atoms with Crippen molar-refractivity contribution in [2.24, 2.45) is 0 Å². The van der Waals surface area contributed by atoms with Crippen LogP contribution in [0, 0.1) is 20.8 Å². The van der Waals surface area contributed by atoms with Crippen LogP contribution in [-0.2, 0) is 21.4 Å². The fourth-order valence-corrected chi connectivity index (χ4v) is 4.56. The molecule has 30 heavy (non-hydrogen) atoms. The van der Waals surface area contributed by atoms with Crippen molar-refractivity contribution in [1.82, 2.24) is 15.3 Å². The Morgan fingerprint density at radius 3 is 2.57 bits per heavy atom. The highest BCUT2D eigenvalue weighted by atomic mass is 16.5. The van der Waals surface area contributed by atoms with Crippen molar-refractivity contribution >= 4 is 16.9 Å². The van der Waals surface area contributed by atoms with Gasteiger partial charge in [-0.2, -0.15) is 0 Å². The quantitative estimate of drug-likeness (QED) is 0.643. The third-order valence-corrected chi connectivity index (χ3v) is 6.21. The van der Waals surface area contributed by atoms with Gasteiger partial charge in [-0.15, -0.1) is 0 Å². The van der Waals surface area contributed by atoms with E-state index in [0.717, 1.165) is 54.9 Å². The van der Waals surface area contributed by atoms with Crippen LogP contribution in [0.5, 0.6) is 0 Å². The van der Waals surface area contributed by atoms with Crippen molar-refractivity contribution < 1.29 is 9.53 Å². The van der Waals surface area contributed by atoms with Crippen LogP contribution in [0.4, 0.5) is 0 Å². The summed E-state index contributed by atoms with van der Waals surface area (Å²) in [4.78, 5) is 20.4. The molecule has 0 atom stereocenters. The van der Waals surface area contributed by atoms with Crippen molar-refractivity contribution in [3.05, 3.63) is 64.5 Å². The maximum absolute atomic E-state index is 12.7. The van der Waals surface area contributed by atoms with Gasteiger partial charge in [-0.25, -0.2) is 4.98 Å². The van der Waals surface area contributed by atoms with Crippen LogP contribution in [0.2, 0.25) is 0 Å². The third kappa shape index (κ3) is 4.57. The molecule has 4 rings (SSSR count). The number of hydrogen-bond acceptors (Lipinski definition) is 3. The van der Waals surface area contributed by atoms with E-state index in [-0.39, 0.29) is 11.3 Å². The molecule has 0 radical (unpaired) electrons. The van der Waals surface area contributed by atoms with Crippen LogP contribution < -0.4 is 5.32 Å². The van der Waals surface area contributed by atoms with Crippen LogP contribution >= 0.6 is 0 Å². The second kappa shape index (κ2) is 8.60. The summed E-state index contributed by atoms with van der Waals surface area (Å²) in [6, 6.07) is 12.9. The average molecular weight is 406 g/mol. The number of ether oxygens (including phenoxy) is 1. The predicted octanol–water partition coefficient (Wildman–Crippen LogP) is 4.29. The lowest BCUT2D eigenvalue weighted by atomic mass is 9.73. The number of carbonyl (C=O) groups is 1. The summed E-state index contributed by atoms with van der Waals surface area (Å²) in [5.41, 5.74) is 6.96. The van der Waals surface area contributed by atoms with Gasteiger partial charge in [0.05, 0.1) is 11.0 Å². The van der Waals surface area contributed by atoms with Crippen molar-refractivity contribution in [2.45, 2.75) is 51.9 Å². The maximum Gasteiger partial charge on any atom is 0.220 e. The Labute approximate surface area is 178 Å². The number of rotatable bonds is 6. The van der Waals surface area contributed by atoms with E-state index in [2.05, 4.69) is 59.5 Å². The number of imidazole rings is 1. The number of hydrogen-bond donors (Lipinski definition) is 2. The molecule has 2 heterocycles. The highest BCUT2D eigenvalue weighted by molar-refractivity contribution is 5.78. The molecule has 0 bridgehead atoms. The first-order valence-electron chi connectivity index (χ1n) is 10.8. The van der Waals surface area contributed by atoms with E-state index >= 15 is 0 Å². The monoisotopic (exact) mass is 405 g/mol. The Balaban J connectivity index is 1.40. The molecular weight excluding hydrogens is 374 g/mol. The second-order valence-electron chi connectivity index (χ2n) is 8.72. The molecule has 1 aliphatic rings. The number of nitrogens with one attached hydrogen (secondary N) is 2. The van der Waals surface area contributed by atoms with Crippen molar-refractivity contribution in [3.63, 3.8) is 0 Å². The molecule has 1 aromatic heterocycles. The summed E-state index contributed by atoms with van der Waals surface area (Å²) in [5, 5.41) is 3.23. The number of aromatic amines is 1. The van der Waals surface area contributed by atoms with E-state index in [4.69, 9.17) is 4.74 Å². The zero-order valence-corrected chi connectivity index (χ0v) is 18.2. The average Bonchev–Trinajstić information content (AvgIpc) is 3.10. The lowest BCUT2D eigenvalue weighted by Crippen LogP contribution is -2.44. The molecule has 2 N–H and O–H groups in total. The van der Waals surface area contributed by atoms with Gasteiger partial charge in [0.25, 0.3) is 0 Å². The smallest absolute Gasteiger partial charge is 0.220 e. The molecule has 5 heteroatoms. The van der Waals surface area contributed by atoms with Crippen molar-refractivity contribution in [2.75, 3.05) is 19.8 Å². The maximum atomic E-state index is 12.7. The molecule has 0 saturated carbocycles. The fraction of sp³-hybridized carbons (Fsp3) is 0.440. The summed E-state index contributed by atoms with van der Waals surface area (Å²) >= 11 is 0. The molecule has 5 nitrogen and oxygen atoms in total. The summed E-state index contributed by atoms with van der Waals surface area (Å²) in [5.74, 6) is 1.01. The number of amides is 1. The third-order valence-electron chi connectivity index (χ3n) is 6.21. The zero-order valence-electron chi connectivity index (χ0n) is 18.2. The minimum Gasteiger partial charge on any atom is -0.381 e. The summed E-state index contributed by atoms with van der Waals surface area (Å²) in [6.07, 6.45) is 3.08. The number of nitrogens with zero attached hydrogens (tertiary/aromatic N) is 1. The van der Waals surface area contributed by atoms with Gasteiger partial charge in [-0.3, -0.25) is 4.79 Å². The van der Waals surface area contributed by atoms with Crippen LogP contribution in [0.1, 0.15) is 47.3 Å².